The first-order valence-corrected chi connectivity index (χ1v) is 10.3. The van der Waals surface area contributed by atoms with Crippen LogP contribution in [0.25, 0.3) is 0 Å². The molecule has 1 atom stereocenters. The molecule has 0 saturated heterocycles. The van der Waals surface area contributed by atoms with E-state index in [2.05, 4.69) is 14.7 Å². The quantitative estimate of drug-likeness (QED) is 0.810. The summed E-state index contributed by atoms with van der Waals surface area (Å²) in [4.78, 5) is 2.29. The third-order valence-corrected chi connectivity index (χ3v) is 6.08. The Labute approximate surface area is 152 Å². The number of benzene rings is 1. The van der Waals surface area contributed by atoms with Crippen LogP contribution in [0.2, 0.25) is 0 Å². The first kappa shape index (κ1) is 17.3. The maximum Gasteiger partial charge on any atom is 0.231 e. The molecular formula is C17H22N4O4S. The van der Waals surface area contributed by atoms with E-state index in [0.717, 1.165) is 42.4 Å². The van der Waals surface area contributed by atoms with E-state index >= 15 is 0 Å². The number of fused-ring (bicyclic) bond motifs is 2. The van der Waals surface area contributed by atoms with Gasteiger partial charge in [0.2, 0.25) is 16.8 Å². The van der Waals surface area contributed by atoms with Crippen molar-refractivity contribution in [3.05, 3.63) is 41.7 Å². The predicted molar refractivity (Wildman–Crippen MR) is 95.4 cm³/mol. The van der Waals surface area contributed by atoms with E-state index in [1.165, 1.54) is 0 Å². The zero-order chi connectivity index (χ0) is 18.1. The van der Waals surface area contributed by atoms with E-state index < -0.39 is 10.0 Å². The molecule has 0 saturated carbocycles. The Morgan fingerprint density at radius 2 is 2.12 bits per heavy atom. The Morgan fingerprint density at radius 1 is 1.27 bits per heavy atom. The molecular weight excluding hydrogens is 356 g/mol. The molecule has 0 spiro atoms. The van der Waals surface area contributed by atoms with Crippen LogP contribution < -0.4 is 14.2 Å². The summed E-state index contributed by atoms with van der Waals surface area (Å²) in [6.07, 6.45) is 1.76. The molecule has 1 N–H and O–H groups in total. The molecule has 0 fully saturated rings. The van der Waals surface area contributed by atoms with Gasteiger partial charge in [0.05, 0.1) is 17.5 Å². The molecule has 2 aliphatic heterocycles. The Kier molecular flexibility index (Phi) is 4.60. The second kappa shape index (κ2) is 6.90. The fraction of sp³-hybridized carbons (Fsp3) is 0.471. The number of aromatic nitrogens is 2. The van der Waals surface area contributed by atoms with Crippen LogP contribution in [0.5, 0.6) is 11.5 Å². The van der Waals surface area contributed by atoms with Crippen LogP contribution in [-0.2, 0) is 23.1 Å². The van der Waals surface area contributed by atoms with Gasteiger partial charge in [0.1, 0.15) is 0 Å². The molecule has 8 nitrogen and oxygen atoms in total. The number of sulfonamides is 1. The van der Waals surface area contributed by atoms with Crippen molar-refractivity contribution < 1.29 is 17.9 Å². The number of rotatable bonds is 6. The minimum absolute atomic E-state index is 0.0379. The molecule has 1 unspecified atom stereocenters. The van der Waals surface area contributed by atoms with Crippen molar-refractivity contribution in [3.63, 3.8) is 0 Å². The van der Waals surface area contributed by atoms with Crippen LogP contribution in [0, 0.1) is 0 Å². The van der Waals surface area contributed by atoms with Crippen LogP contribution in [0.1, 0.15) is 24.2 Å². The molecule has 0 bridgehead atoms. The molecule has 2 aliphatic rings. The van der Waals surface area contributed by atoms with Gasteiger partial charge in [-0.25, -0.2) is 13.1 Å². The highest BCUT2D eigenvalue weighted by atomic mass is 32.2. The molecule has 2 aromatic rings. The van der Waals surface area contributed by atoms with Crippen molar-refractivity contribution in [2.45, 2.75) is 26.1 Å². The van der Waals surface area contributed by atoms with Crippen LogP contribution >= 0.6 is 0 Å². The highest BCUT2D eigenvalue weighted by Crippen LogP contribution is 2.33. The second-order valence-electron chi connectivity index (χ2n) is 6.53. The summed E-state index contributed by atoms with van der Waals surface area (Å²) in [5.74, 6) is 1.63. The standard InChI is InChI=1S/C17H22N4O4S/c1-2-26(22,23)19-8-15-11-20(10-14-5-6-18-21(14)15)9-13-3-4-16-17(7-13)25-12-24-16/h3-7,15,19H,2,8-12H2,1H3. The number of nitrogens with one attached hydrogen (secondary N) is 1. The molecule has 0 amide bonds. The lowest BCUT2D eigenvalue weighted by Gasteiger charge is -2.34. The fourth-order valence-electron chi connectivity index (χ4n) is 3.36. The van der Waals surface area contributed by atoms with Gasteiger partial charge < -0.3 is 9.47 Å². The average Bonchev–Trinajstić information content (AvgIpc) is 3.28. The highest BCUT2D eigenvalue weighted by Gasteiger charge is 2.27. The topological polar surface area (TPSA) is 85.7 Å². The van der Waals surface area contributed by atoms with E-state index in [1.54, 1.807) is 13.1 Å². The molecule has 26 heavy (non-hydrogen) atoms. The molecule has 4 rings (SSSR count). The Balaban J connectivity index is 1.48. The molecule has 9 heteroatoms. The largest absolute Gasteiger partial charge is 0.454 e. The summed E-state index contributed by atoms with van der Waals surface area (Å²) in [6.45, 7) is 4.47. The lowest BCUT2D eigenvalue weighted by atomic mass is 10.1. The third-order valence-electron chi connectivity index (χ3n) is 4.71. The van der Waals surface area contributed by atoms with Gasteiger partial charge >= 0.3 is 0 Å². The van der Waals surface area contributed by atoms with Crippen molar-refractivity contribution in [1.82, 2.24) is 19.4 Å². The lowest BCUT2D eigenvalue weighted by Crippen LogP contribution is -2.42. The molecule has 1 aromatic carbocycles. The van der Waals surface area contributed by atoms with Crippen LogP contribution in [0.4, 0.5) is 0 Å². The molecule has 140 valence electrons. The highest BCUT2D eigenvalue weighted by molar-refractivity contribution is 7.89. The smallest absolute Gasteiger partial charge is 0.231 e. The monoisotopic (exact) mass is 378 g/mol. The minimum atomic E-state index is -3.23. The SMILES string of the molecule is CCS(=O)(=O)NCC1CN(Cc2ccc3c(c2)OCO3)Cc2ccnn21. The van der Waals surface area contributed by atoms with Crippen molar-refractivity contribution in [1.29, 1.82) is 0 Å². The summed E-state index contributed by atoms with van der Waals surface area (Å²) in [6, 6.07) is 7.91. The van der Waals surface area contributed by atoms with Crippen molar-refractivity contribution in [2.75, 3.05) is 25.6 Å². The van der Waals surface area contributed by atoms with Crippen LogP contribution in [0.15, 0.2) is 30.5 Å². The van der Waals surface area contributed by atoms with Gasteiger partial charge in [0.25, 0.3) is 0 Å². The summed E-state index contributed by atoms with van der Waals surface area (Å²) >= 11 is 0. The Morgan fingerprint density at radius 3 is 2.96 bits per heavy atom. The Bertz CT molecular complexity index is 896. The lowest BCUT2D eigenvalue weighted by molar-refractivity contribution is 0.167. The van der Waals surface area contributed by atoms with Gasteiger partial charge in [-0.3, -0.25) is 9.58 Å². The Hall–Kier alpha value is -2.10. The predicted octanol–water partition coefficient (Wildman–Crippen LogP) is 1.11. The molecule has 3 heterocycles. The van der Waals surface area contributed by atoms with Crippen molar-refractivity contribution in [2.24, 2.45) is 0 Å². The van der Waals surface area contributed by atoms with Crippen molar-refractivity contribution >= 4 is 10.0 Å². The minimum Gasteiger partial charge on any atom is -0.454 e. The maximum absolute atomic E-state index is 11.8. The fourth-order valence-corrected chi connectivity index (χ4v) is 4.01. The number of hydrogen-bond acceptors (Lipinski definition) is 6. The van der Waals surface area contributed by atoms with E-state index in [0.29, 0.717) is 6.54 Å². The van der Waals surface area contributed by atoms with Crippen LogP contribution in [0.3, 0.4) is 0 Å². The van der Waals surface area contributed by atoms with E-state index in [-0.39, 0.29) is 18.6 Å². The summed E-state index contributed by atoms with van der Waals surface area (Å²) in [5.41, 5.74) is 2.22. The first-order chi connectivity index (χ1) is 12.5. The number of hydrogen-bond donors (Lipinski definition) is 1. The van der Waals surface area contributed by atoms with E-state index in [4.69, 9.17) is 9.47 Å². The van der Waals surface area contributed by atoms with Gasteiger partial charge in [-0.05, 0) is 30.7 Å². The molecule has 0 aliphatic carbocycles. The molecule has 0 radical (unpaired) electrons. The van der Waals surface area contributed by atoms with Crippen molar-refractivity contribution in [3.8, 4) is 11.5 Å². The van der Waals surface area contributed by atoms with Gasteiger partial charge in [-0.2, -0.15) is 5.10 Å². The third kappa shape index (κ3) is 3.55. The van der Waals surface area contributed by atoms with Crippen LogP contribution in [-0.4, -0.2) is 48.7 Å². The summed E-state index contributed by atoms with van der Waals surface area (Å²) < 4.78 is 39.0. The average molecular weight is 378 g/mol. The molecule has 1 aromatic heterocycles. The van der Waals surface area contributed by atoms with Gasteiger partial charge in [0, 0.05) is 32.4 Å². The zero-order valence-electron chi connectivity index (χ0n) is 14.6. The maximum atomic E-state index is 11.8. The number of ether oxygens (including phenoxy) is 2. The van der Waals surface area contributed by atoms with Gasteiger partial charge in [-0.1, -0.05) is 6.07 Å². The number of nitrogens with zero attached hydrogens (tertiary/aromatic N) is 3. The van der Waals surface area contributed by atoms with E-state index in [9.17, 15) is 8.42 Å². The first-order valence-electron chi connectivity index (χ1n) is 8.64. The van der Waals surface area contributed by atoms with E-state index in [1.807, 2.05) is 28.9 Å². The summed E-state index contributed by atoms with van der Waals surface area (Å²) in [7, 11) is -3.23. The summed E-state index contributed by atoms with van der Waals surface area (Å²) in [5, 5.41) is 4.37. The normalized spacial score (nSPS) is 19.5. The van der Waals surface area contributed by atoms with Gasteiger partial charge in [0.15, 0.2) is 11.5 Å². The zero-order valence-corrected chi connectivity index (χ0v) is 15.4. The second-order valence-corrected chi connectivity index (χ2v) is 8.63. The van der Waals surface area contributed by atoms with Gasteiger partial charge in [-0.15, -0.1) is 0 Å².